The third-order valence-corrected chi connectivity index (χ3v) is 3.05. The number of nitrogens with zero attached hydrogens (tertiary/aromatic N) is 3. The van der Waals surface area contributed by atoms with Gasteiger partial charge in [0.2, 0.25) is 0 Å². The molecule has 1 heterocycles. The first-order chi connectivity index (χ1) is 9.56. The second-order valence-electron chi connectivity index (χ2n) is 4.29. The number of imidazole rings is 1. The van der Waals surface area contributed by atoms with Crippen LogP contribution in [0.5, 0.6) is 0 Å². The lowest BCUT2D eigenvalue weighted by atomic mass is 10.2. The molecular formula is C14H14ClN3O2. The van der Waals surface area contributed by atoms with E-state index in [0.717, 1.165) is 0 Å². The molecule has 1 aromatic heterocycles. The summed E-state index contributed by atoms with van der Waals surface area (Å²) in [7, 11) is 0. The summed E-state index contributed by atoms with van der Waals surface area (Å²) < 4.78 is 6.66. The normalized spacial score (nSPS) is 12.1. The number of benzene rings is 1. The highest BCUT2D eigenvalue weighted by molar-refractivity contribution is 6.20. The van der Waals surface area contributed by atoms with Gasteiger partial charge in [-0.05, 0) is 32.0 Å². The molecule has 2 rings (SSSR count). The Bertz CT molecular complexity index is 686. The van der Waals surface area contributed by atoms with Gasteiger partial charge in [0.05, 0.1) is 34.7 Å². The Labute approximate surface area is 121 Å². The quantitative estimate of drug-likeness (QED) is 0.641. The standard InChI is InChI=1S/C14H14ClN3O2/c1-3-20-13(19)8-18-12-6-10(7-16)4-5-11(12)17-14(18)9(2)15/h4-6,9H,3,8H2,1-2H3. The van der Waals surface area contributed by atoms with Gasteiger partial charge in [-0.3, -0.25) is 4.79 Å². The lowest BCUT2D eigenvalue weighted by molar-refractivity contribution is -0.143. The Balaban J connectivity index is 2.55. The van der Waals surface area contributed by atoms with Crippen LogP contribution >= 0.6 is 11.6 Å². The molecule has 0 aliphatic heterocycles. The molecule has 0 fully saturated rings. The predicted molar refractivity (Wildman–Crippen MR) is 75.3 cm³/mol. The fraction of sp³-hybridized carbons (Fsp3) is 0.357. The van der Waals surface area contributed by atoms with E-state index >= 15 is 0 Å². The number of rotatable bonds is 4. The molecule has 0 amide bonds. The second-order valence-corrected chi connectivity index (χ2v) is 4.95. The van der Waals surface area contributed by atoms with E-state index in [1.54, 1.807) is 36.6 Å². The molecule has 0 bridgehead atoms. The van der Waals surface area contributed by atoms with Gasteiger partial charge >= 0.3 is 5.97 Å². The Kier molecular flexibility index (Phi) is 4.26. The summed E-state index contributed by atoms with van der Waals surface area (Å²) in [4.78, 5) is 16.1. The average Bonchev–Trinajstić information content (AvgIpc) is 2.77. The van der Waals surface area contributed by atoms with Crippen LogP contribution in [0.4, 0.5) is 0 Å². The summed E-state index contributed by atoms with van der Waals surface area (Å²) in [5, 5.41) is 8.63. The number of alkyl halides is 1. The van der Waals surface area contributed by atoms with E-state index in [4.69, 9.17) is 21.6 Å². The molecule has 20 heavy (non-hydrogen) atoms. The van der Waals surface area contributed by atoms with Crippen LogP contribution in [-0.4, -0.2) is 22.1 Å². The van der Waals surface area contributed by atoms with Crippen molar-refractivity contribution in [3.8, 4) is 6.07 Å². The fourth-order valence-corrected chi connectivity index (χ4v) is 2.18. The van der Waals surface area contributed by atoms with Crippen molar-refractivity contribution in [1.82, 2.24) is 9.55 Å². The number of esters is 1. The smallest absolute Gasteiger partial charge is 0.326 e. The SMILES string of the molecule is CCOC(=O)Cn1c(C(C)Cl)nc2ccc(C#N)cc21. The van der Waals surface area contributed by atoms with Crippen molar-refractivity contribution in [1.29, 1.82) is 5.26 Å². The number of carbonyl (C=O) groups is 1. The summed E-state index contributed by atoms with van der Waals surface area (Å²) >= 11 is 6.11. The lowest BCUT2D eigenvalue weighted by Crippen LogP contribution is -2.15. The molecule has 2 aromatic rings. The van der Waals surface area contributed by atoms with Crippen molar-refractivity contribution in [2.75, 3.05) is 6.61 Å². The summed E-state index contributed by atoms with van der Waals surface area (Å²) in [6, 6.07) is 7.21. The summed E-state index contributed by atoms with van der Waals surface area (Å²) in [6.07, 6.45) is 0. The molecule has 0 aliphatic rings. The Hall–Kier alpha value is -2.06. The molecule has 0 aliphatic carbocycles. The predicted octanol–water partition coefficient (Wildman–Crippen LogP) is 2.77. The van der Waals surface area contributed by atoms with Crippen LogP contribution in [0, 0.1) is 11.3 Å². The molecular weight excluding hydrogens is 278 g/mol. The number of nitriles is 1. The fourth-order valence-electron chi connectivity index (χ4n) is 2.02. The number of hydrogen-bond acceptors (Lipinski definition) is 4. The summed E-state index contributed by atoms with van der Waals surface area (Å²) in [5.74, 6) is 0.234. The van der Waals surface area contributed by atoms with Gasteiger partial charge in [0, 0.05) is 0 Å². The van der Waals surface area contributed by atoms with E-state index in [1.165, 1.54) is 0 Å². The molecule has 0 radical (unpaired) electrons. The largest absolute Gasteiger partial charge is 0.465 e. The first-order valence-corrected chi connectivity index (χ1v) is 6.70. The van der Waals surface area contributed by atoms with Crippen LogP contribution in [0.15, 0.2) is 18.2 Å². The van der Waals surface area contributed by atoms with Crippen molar-refractivity contribution in [2.24, 2.45) is 0 Å². The maximum Gasteiger partial charge on any atom is 0.326 e. The van der Waals surface area contributed by atoms with E-state index in [9.17, 15) is 4.79 Å². The topological polar surface area (TPSA) is 67.9 Å². The van der Waals surface area contributed by atoms with E-state index < -0.39 is 0 Å². The number of carbonyl (C=O) groups excluding carboxylic acids is 1. The van der Waals surface area contributed by atoms with Gasteiger partial charge in [-0.1, -0.05) is 0 Å². The number of fused-ring (bicyclic) bond motifs is 1. The minimum Gasteiger partial charge on any atom is -0.465 e. The highest BCUT2D eigenvalue weighted by Gasteiger charge is 2.17. The summed E-state index contributed by atoms with van der Waals surface area (Å²) in [6.45, 7) is 3.89. The van der Waals surface area contributed by atoms with Gasteiger partial charge in [-0.15, -0.1) is 11.6 Å². The molecule has 0 N–H and O–H groups in total. The highest BCUT2D eigenvalue weighted by Crippen LogP contribution is 2.25. The van der Waals surface area contributed by atoms with Gasteiger partial charge in [-0.25, -0.2) is 4.98 Å². The van der Waals surface area contributed by atoms with Gasteiger partial charge in [-0.2, -0.15) is 5.26 Å². The molecule has 0 saturated heterocycles. The zero-order chi connectivity index (χ0) is 14.7. The number of halogens is 1. The molecule has 5 nitrogen and oxygen atoms in total. The van der Waals surface area contributed by atoms with Crippen molar-refractivity contribution >= 4 is 28.6 Å². The van der Waals surface area contributed by atoms with Crippen LogP contribution < -0.4 is 0 Å². The molecule has 1 atom stereocenters. The third-order valence-electron chi connectivity index (χ3n) is 2.86. The van der Waals surface area contributed by atoms with Crippen molar-refractivity contribution in [3.63, 3.8) is 0 Å². The molecule has 6 heteroatoms. The third kappa shape index (κ3) is 2.75. The van der Waals surface area contributed by atoms with Gasteiger partial charge in [0.1, 0.15) is 12.4 Å². The Morgan fingerprint density at radius 1 is 1.60 bits per heavy atom. The van der Waals surface area contributed by atoms with Crippen molar-refractivity contribution in [3.05, 3.63) is 29.6 Å². The molecule has 1 unspecified atom stereocenters. The molecule has 104 valence electrons. The van der Waals surface area contributed by atoms with Crippen molar-refractivity contribution in [2.45, 2.75) is 25.8 Å². The lowest BCUT2D eigenvalue weighted by Gasteiger charge is -2.09. The zero-order valence-corrected chi connectivity index (χ0v) is 12.0. The number of hydrogen-bond donors (Lipinski definition) is 0. The summed E-state index contributed by atoms with van der Waals surface area (Å²) in [5.41, 5.74) is 1.92. The second kappa shape index (κ2) is 5.93. The van der Waals surface area contributed by atoms with Crippen LogP contribution in [-0.2, 0) is 16.1 Å². The van der Waals surface area contributed by atoms with Gasteiger partial charge < -0.3 is 9.30 Å². The monoisotopic (exact) mass is 291 g/mol. The van der Waals surface area contributed by atoms with Crippen LogP contribution in [0.2, 0.25) is 0 Å². The highest BCUT2D eigenvalue weighted by atomic mass is 35.5. The maximum atomic E-state index is 11.7. The van der Waals surface area contributed by atoms with Gasteiger partial charge in [0.25, 0.3) is 0 Å². The minimum atomic E-state index is -0.354. The number of ether oxygens (including phenoxy) is 1. The van der Waals surface area contributed by atoms with Gasteiger partial charge in [0.15, 0.2) is 0 Å². The minimum absolute atomic E-state index is 0.0333. The zero-order valence-electron chi connectivity index (χ0n) is 11.3. The van der Waals surface area contributed by atoms with Crippen LogP contribution in [0.3, 0.4) is 0 Å². The molecule has 0 saturated carbocycles. The van der Waals surface area contributed by atoms with E-state index in [0.29, 0.717) is 29.0 Å². The van der Waals surface area contributed by atoms with Crippen LogP contribution in [0.1, 0.15) is 30.6 Å². The maximum absolute atomic E-state index is 11.7. The van der Waals surface area contributed by atoms with Crippen LogP contribution in [0.25, 0.3) is 11.0 Å². The van der Waals surface area contributed by atoms with E-state index in [2.05, 4.69) is 11.1 Å². The first kappa shape index (κ1) is 14.4. The van der Waals surface area contributed by atoms with E-state index in [-0.39, 0.29) is 17.9 Å². The van der Waals surface area contributed by atoms with E-state index in [1.807, 2.05) is 0 Å². The molecule has 0 spiro atoms. The number of aromatic nitrogens is 2. The average molecular weight is 292 g/mol. The first-order valence-electron chi connectivity index (χ1n) is 6.26. The van der Waals surface area contributed by atoms with Crippen molar-refractivity contribution < 1.29 is 9.53 Å². The molecule has 1 aromatic carbocycles. The Morgan fingerprint density at radius 2 is 2.35 bits per heavy atom. The Morgan fingerprint density at radius 3 is 2.95 bits per heavy atom.